The van der Waals surface area contributed by atoms with E-state index in [1.54, 1.807) is 13.0 Å². The van der Waals surface area contributed by atoms with Crippen LogP contribution < -0.4 is 0 Å². The van der Waals surface area contributed by atoms with Crippen molar-refractivity contribution in [2.24, 2.45) is 5.92 Å². The molecule has 0 aliphatic heterocycles. The van der Waals surface area contributed by atoms with Crippen LogP contribution in [0.15, 0.2) is 36.0 Å². The average Bonchev–Trinajstić information content (AvgIpc) is 2.03. The Morgan fingerprint density at radius 3 is 2.42 bits per heavy atom. The maximum atomic E-state index is 8.56. The molecular weight excluding hydrogens is 146 g/mol. The van der Waals surface area contributed by atoms with Crippen molar-refractivity contribution >= 4 is 0 Å². The molecule has 0 aliphatic rings. The lowest BCUT2D eigenvalue weighted by molar-refractivity contribution is 0.790. The van der Waals surface area contributed by atoms with E-state index in [9.17, 15) is 0 Å². The second kappa shape index (κ2) is 5.37. The lowest BCUT2D eigenvalue weighted by Gasteiger charge is -2.04. The van der Waals surface area contributed by atoms with E-state index in [2.05, 4.69) is 26.5 Å². The van der Waals surface area contributed by atoms with Crippen molar-refractivity contribution in [3.8, 4) is 6.07 Å². The lowest BCUT2D eigenvalue weighted by atomic mass is 10.0. The molecule has 0 amide bonds. The van der Waals surface area contributed by atoms with Crippen molar-refractivity contribution in [1.29, 1.82) is 5.26 Å². The molecule has 0 saturated heterocycles. The number of rotatable bonds is 3. The molecule has 1 heteroatoms. The Bertz CT molecular complexity index is 249. The van der Waals surface area contributed by atoms with Gasteiger partial charge < -0.3 is 0 Å². The summed E-state index contributed by atoms with van der Waals surface area (Å²) in [5.74, 6) is 0.436. The van der Waals surface area contributed by atoms with E-state index in [1.165, 1.54) is 0 Å². The van der Waals surface area contributed by atoms with Crippen LogP contribution in [0.25, 0.3) is 0 Å². The van der Waals surface area contributed by atoms with Gasteiger partial charge in [0.2, 0.25) is 0 Å². The van der Waals surface area contributed by atoms with Crippen LogP contribution in [-0.4, -0.2) is 0 Å². The molecule has 0 spiro atoms. The maximum absolute atomic E-state index is 8.56. The molecule has 64 valence electrons. The van der Waals surface area contributed by atoms with E-state index in [-0.39, 0.29) is 0 Å². The molecule has 0 heterocycles. The largest absolute Gasteiger partial charge is 0.193 e. The molecule has 0 N–H and O–H groups in total. The van der Waals surface area contributed by atoms with Gasteiger partial charge in [-0.1, -0.05) is 32.6 Å². The van der Waals surface area contributed by atoms with Crippen LogP contribution in [0.1, 0.15) is 20.8 Å². The van der Waals surface area contributed by atoms with Gasteiger partial charge in [-0.3, -0.25) is 0 Å². The molecule has 0 unspecified atom stereocenters. The van der Waals surface area contributed by atoms with Crippen molar-refractivity contribution in [1.82, 2.24) is 0 Å². The predicted octanol–water partition coefficient (Wildman–Crippen LogP) is 3.22. The van der Waals surface area contributed by atoms with E-state index < -0.39 is 0 Å². The van der Waals surface area contributed by atoms with Crippen LogP contribution in [0.5, 0.6) is 0 Å². The predicted molar refractivity (Wildman–Crippen MR) is 52.5 cm³/mol. The summed E-state index contributed by atoms with van der Waals surface area (Å²) in [6.45, 7) is 9.62. The third-order valence-electron chi connectivity index (χ3n) is 1.54. The van der Waals surface area contributed by atoms with Crippen LogP contribution in [0, 0.1) is 17.2 Å². The van der Waals surface area contributed by atoms with Gasteiger partial charge in [0.05, 0.1) is 6.07 Å². The fourth-order valence-corrected chi connectivity index (χ4v) is 0.826. The minimum absolute atomic E-state index is 0.436. The fraction of sp³-hybridized carbons (Fsp3) is 0.364. The maximum Gasteiger partial charge on any atom is 0.0944 e. The Labute approximate surface area is 74.7 Å². The number of hydrogen-bond donors (Lipinski definition) is 0. The zero-order chi connectivity index (χ0) is 9.56. The van der Waals surface area contributed by atoms with E-state index in [0.717, 1.165) is 11.1 Å². The fourth-order valence-electron chi connectivity index (χ4n) is 0.826. The van der Waals surface area contributed by atoms with Crippen LogP contribution in [0.3, 0.4) is 0 Å². The number of hydrogen-bond acceptors (Lipinski definition) is 1. The van der Waals surface area contributed by atoms with Crippen molar-refractivity contribution in [2.45, 2.75) is 20.8 Å². The second-order valence-corrected chi connectivity index (χ2v) is 3.00. The van der Waals surface area contributed by atoms with Gasteiger partial charge in [0, 0.05) is 5.57 Å². The molecule has 0 aromatic heterocycles. The summed E-state index contributed by atoms with van der Waals surface area (Å²) in [4.78, 5) is 0. The zero-order valence-electron chi connectivity index (χ0n) is 7.96. The zero-order valence-corrected chi connectivity index (χ0v) is 7.96. The van der Waals surface area contributed by atoms with Crippen LogP contribution in [-0.2, 0) is 0 Å². The van der Waals surface area contributed by atoms with E-state index in [4.69, 9.17) is 5.26 Å². The van der Waals surface area contributed by atoms with Gasteiger partial charge in [-0.15, -0.1) is 0 Å². The smallest absolute Gasteiger partial charge is 0.0944 e. The molecule has 0 radical (unpaired) electrons. The van der Waals surface area contributed by atoms with Crippen molar-refractivity contribution in [3.63, 3.8) is 0 Å². The normalized spacial score (nSPS) is 12.9. The third kappa shape index (κ3) is 3.78. The first kappa shape index (κ1) is 10.7. The van der Waals surface area contributed by atoms with Crippen molar-refractivity contribution in [3.05, 3.63) is 36.0 Å². The Kier molecular flexibility index (Phi) is 4.79. The lowest BCUT2D eigenvalue weighted by Crippen LogP contribution is -1.90. The summed E-state index contributed by atoms with van der Waals surface area (Å²) < 4.78 is 0. The minimum Gasteiger partial charge on any atom is -0.193 e. The summed E-state index contributed by atoms with van der Waals surface area (Å²) in [5, 5.41) is 8.56. The van der Waals surface area contributed by atoms with E-state index in [0.29, 0.717) is 5.92 Å². The molecule has 0 fully saturated rings. The Hall–Kier alpha value is -1.29. The highest BCUT2D eigenvalue weighted by molar-refractivity contribution is 5.32. The molecule has 1 nitrogen and oxygen atoms in total. The first-order chi connectivity index (χ1) is 5.61. The summed E-state index contributed by atoms with van der Waals surface area (Å²) in [6, 6.07) is 2.09. The molecule has 0 saturated carbocycles. The Morgan fingerprint density at radius 1 is 1.50 bits per heavy atom. The summed E-state index contributed by atoms with van der Waals surface area (Å²) >= 11 is 0. The van der Waals surface area contributed by atoms with Gasteiger partial charge in [-0.2, -0.15) is 5.26 Å². The molecule has 0 aromatic rings. The minimum atomic E-state index is 0.436. The van der Waals surface area contributed by atoms with Gasteiger partial charge in [-0.05, 0) is 24.5 Å². The monoisotopic (exact) mass is 161 g/mol. The van der Waals surface area contributed by atoms with Crippen LogP contribution >= 0.6 is 0 Å². The first-order valence-electron chi connectivity index (χ1n) is 4.02. The second-order valence-electron chi connectivity index (χ2n) is 3.00. The highest BCUT2D eigenvalue weighted by Gasteiger charge is 1.98. The van der Waals surface area contributed by atoms with Crippen molar-refractivity contribution < 1.29 is 0 Å². The molecule has 0 aromatic carbocycles. The first-order valence-corrected chi connectivity index (χ1v) is 4.02. The molecule has 0 atom stereocenters. The highest BCUT2D eigenvalue weighted by Crippen LogP contribution is 2.12. The molecule has 0 bridgehead atoms. The summed E-state index contributed by atoms with van der Waals surface area (Å²) in [5.41, 5.74) is 1.88. The third-order valence-corrected chi connectivity index (χ3v) is 1.54. The van der Waals surface area contributed by atoms with Gasteiger partial charge in [0.15, 0.2) is 0 Å². The van der Waals surface area contributed by atoms with Crippen LogP contribution in [0.2, 0.25) is 0 Å². The van der Waals surface area contributed by atoms with Gasteiger partial charge in [0.25, 0.3) is 0 Å². The molecule has 12 heavy (non-hydrogen) atoms. The molecular formula is C11H15N. The topological polar surface area (TPSA) is 23.8 Å². The Balaban J connectivity index is 4.69. The quantitative estimate of drug-likeness (QED) is 0.460. The van der Waals surface area contributed by atoms with Crippen molar-refractivity contribution in [2.75, 3.05) is 0 Å². The summed E-state index contributed by atoms with van der Waals surface area (Å²) in [6.07, 6.45) is 5.58. The average molecular weight is 161 g/mol. The molecule has 0 aliphatic carbocycles. The molecule has 0 rings (SSSR count). The summed E-state index contributed by atoms with van der Waals surface area (Å²) in [7, 11) is 0. The standard InChI is InChI=1S/C11H15N/c1-5-6-11(9(2)3)7-10(4)8-12/h5-7,9H,1H2,2-4H3/b10-7+,11-6+. The van der Waals surface area contributed by atoms with Gasteiger partial charge in [0.1, 0.15) is 0 Å². The highest BCUT2D eigenvalue weighted by atomic mass is 14.2. The van der Waals surface area contributed by atoms with E-state index in [1.807, 2.05) is 12.2 Å². The van der Waals surface area contributed by atoms with E-state index >= 15 is 0 Å². The van der Waals surface area contributed by atoms with Gasteiger partial charge >= 0.3 is 0 Å². The SMILES string of the molecule is C=C/C=C(\C=C(/C)C#N)C(C)C. The number of allylic oxidation sites excluding steroid dienone is 5. The van der Waals surface area contributed by atoms with Gasteiger partial charge in [-0.25, -0.2) is 0 Å². The number of nitrogens with zero attached hydrogens (tertiary/aromatic N) is 1. The Morgan fingerprint density at radius 2 is 2.08 bits per heavy atom. The number of nitriles is 1. The van der Waals surface area contributed by atoms with Crippen LogP contribution in [0.4, 0.5) is 0 Å².